The molecular weight excluding hydrogens is 472 g/mol. The monoisotopic (exact) mass is 492 g/mol. The van der Waals surface area contributed by atoms with Crippen molar-refractivity contribution in [1.82, 2.24) is 9.55 Å². The first-order valence-corrected chi connectivity index (χ1v) is 13.0. The summed E-state index contributed by atoms with van der Waals surface area (Å²) in [6.07, 6.45) is 1.88. The number of para-hydroxylation sites is 2. The van der Waals surface area contributed by atoms with E-state index in [0.29, 0.717) is 17.2 Å². The lowest BCUT2D eigenvalue weighted by molar-refractivity contribution is 0.0699. The van der Waals surface area contributed by atoms with Crippen molar-refractivity contribution in [2.24, 2.45) is 0 Å². The number of benzene rings is 3. The molecule has 0 bridgehead atoms. The first-order valence-electron chi connectivity index (χ1n) is 11.2. The standard InChI is InChI=1S/C29H20N2O2S2/c32-29(27-15-7-17-35-27)33-25(26-14-6-16-34-26)18-28-30-23-12-3-4-13-24(23)31(28)19-21-10-5-9-20-8-1-2-11-22(20)21/h1-18H,19H2. The van der Waals surface area contributed by atoms with Crippen LogP contribution in [0, 0.1) is 0 Å². The zero-order chi connectivity index (χ0) is 23.6. The Kier molecular flexibility index (Phi) is 5.74. The lowest BCUT2D eigenvalue weighted by Gasteiger charge is -2.12. The van der Waals surface area contributed by atoms with Crippen molar-refractivity contribution in [3.05, 3.63) is 123 Å². The quantitative estimate of drug-likeness (QED) is 0.177. The fraction of sp³-hybridized carbons (Fsp3) is 0.0345. The maximum absolute atomic E-state index is 12.8. The summed E-state index contributed by atoms with van der Waals surface area (Å²) in [5.41, 5.74) is 3.13. The van der Waals surface area contributed by atoms with Crippen LogP contribution < -0.4 is 0 Å². The normalized spacial score (nSPS) is 11.8. The number of hydrogen-bond acceptors (Lipinski definition) is 5. The Hall–Kier alpha value is -4.00. The van der Waals surface area contributed by atoms with E-state index in [1.165, 1.54) is 39.0 Å². The first-order chi connectivity index (χ1) is 17.3. The summed E-state index contributed by atoms with van der Waals surface area (Å²) in [6, 6.07) is 30.4. The minimum absolute atomic E-state index is 0.364. The Bertz CT molecular complexity index is 1660. The molecule has 0 aliphatic carbocycles. The van der Waals surface area contributed by atoms with Crippen molar-refractivity contribution in [1.29, 1.82) is 0 Å². The number of carbonyl (C=O) groups is 1. The molecule has 0 spiro atoms. The number of aromatic nitrogens is 2. The topological polar surface area (TPSA) is 44.1 Å². The molecule has 35 heavy (non-hydrogen) atoms. The average molecular weight is 493 g/mol. The molecule has 0 amide bonds. The first kappa shape index (κ1) is 21.5. The van der Waals surface area contributed by atoms with Crippen LogP contribution in [0.3, 0.4) is 0 Å². The molecule has 170 valence electrons. The summed E-state index contributed by atoms with van der Waals surface area (Å²) in [6.45, 7) is 0.643. The molecule has 6 aromatic rings. The Morgan fingerprint density at radius 1 is 0.829 bits per heavy atom. The molecule has 0 aliphatic rings. The molecule has 0 aliphatic heterocycles. The summed E-state index contributed by atoms with van der Waals surface area (Å²) in [4.78, 5) is 19.2. The van der Waals surface area contributed by atoms with Gasteiger partial charge in [0.25, 0.3) is 0 Å². The van der Waals surface area contributed by atoms with Gasteiger partial charge >= 0.3 is 5.97 Å². The number of hydrogen-bond donors (Lipinski definition) is 0. The number of imidazole rings is 1. The number of thiophene rings is 2. The third-order valence-electron chi connectivity index (χ3n) is 5.84. The molecule has 6 heteroatoms. The molecule has 0 unspecified atom stereocenters. The molecule has 0 N–H and O–H groups in total. The number of esters is 1. The van der Waals surface area contributed by atoms with Gasteiger partial charge in [0, 0.05) is 6.08 Å². The molecule has 3 aromatic heterocycles. The van der Waals surface area contributed by atoms with Crippen LogP contribution in [0.4, 0.5) is 0 Å². The van der Waals surface area contributed by atoms with E-state index in [4.69, 9.17) is 9.72 Å². The maximum Gasteiger partial charge on any atom is 0.353 e. The van der Waals surface area contributed by atoms with E-state index in [1.54, 1.807) is 6.07 Å². The van der Waals surface area contributed by atoms with E-state index in [9.17, 15) is 4.79 Å². The average Bonchev–Trinajstić information content (AvgIpc) is 3.66. The Labute approximate surface area is 210 Å². The Balaban J connectivity index is 1.48. The van der Waals surface area contributed by atoms with Crippen molar-refractivity contribution in [3.63, 3.8) is 0 Å². The zero-order valence-electron chi connectivity index (χ0n) is 18.6. The van der Waals surface area contributed by atoms with Gasteiger partial charge in [-0.2, -0.15) is 0 Å². The minimum Gasteiger partial charge on any atom is -0.421 e. The number of fused-ring (bicyclic) bond motifs is 2. The van der Waals surface area contributed by atoms with Gasteiger partial charge in [0.1, 0.15) is 10.7 Å². The summed E-state index contributed by atoms with van der Waals surface area (Å²) in [5, 5.41) is 6.26. The maximum atomic E-state index is 12.8. The second-order valence-corrected chi connectivity index (χ2v) is 9.93. The Morgan fingerprint density at radius 3 is 2.40 bits per heavy atom. The van der Waals surface area contributed by atoms with E-state index >= 15 is 0 Å². The highest BCUT2D eigenvalue weighted by atomic mass is 32.1. The number of rotatable bonds is 6. The molecule has 3 aromatic carbocycles. The fourth-order valence-corrected chi connectivity index (χ4v) is 5.48. The second kappa shape index (κ2) is 9.33. The SMILES string of the molecule is O=C(OC(=Cc1nc2ccccc2n1Cc1cccc2ccccc12)c1cccs1)c1cccs1. The van der Waals surface area contributed by atoms with Gasteiger partial charge in [0.2, 0.25) is 0 Å². The Morgan fingerprint density at radius 2 is 1.57 bits per heavy atom. The third-order valence-corrected chi connectivity index (χ3v) is 7.58. The van der Waals surface area contributed by atoms with Crippen LogP contribution >= 0.6 is 22.7 Å². The smallest absolute Gasteiger partial charge is 0.353 e. The predicted molar refractivity (Wildman–Crippen MR) is 145 cm³/mol. The van der Waals surface area contributed by atoms with Crippen LogP contribution in [-0.2, 0) is 11.3 Å². The van der Waals surface area contributed by atoms with Gasteiger partial charge in [0.05, 0.1) is 22.5 Å². The van der Waals surface area contributed by atoms with Gasteiger partial charge < -0.3 is 9.30 Å². The predicted octanol–water partition coefficient (Wildman–Crippen LogP) is 7.72. The van der Waals surface area contributed by atoms with E-state index in [0.717, 1.165) is 21.7 Å². The second-order valence-electron chi connectivity index (χ2n) is 8.04. The van der Waals surface area contributed by atoms with Gasteiger partial charge in [-0.25, -0.2) is 9.78 Å². The zero-order valence-corrected chi connectivity index (χ0v) is 20.3. The molecular formula is C29H20N2O2S2. The molecule has 3 heterocycles. The number of carbonyl (C=O) groups excluding carboxylic acids is 1. The van der Waals surface area contributed by atoms with Crippen molar-refractivity contribution in [2.75, 3.05) is 0 Å². The molecule has 0 saturated heterocycles. The number of ether oxygens (including phenoxy) is 1. The van der Waals surface area contributed by atoms with Gasteiger partial charge in [-0.15, -0.1) is 22.7 Å². The minimum atomic E-state index is -0.364. The summed E-state index contributed by atoms with van der Waals surface area (Å²) in [5.74, 6) is 0.866. The molecule has 0 fully saturated rings. The largest absolute Gasteiger partial charge is 0.421 e. The van der Waals surface area contributed by atoms with Crippen molar-refractivity contribution >= 4 is 62.3 Å². The lowest BCUT2D eigenvalue weighted by atomic mass is 10.0. The van der Waals surface area contributed by atoms with Crippen LogP contribution in [-0.4, -0.2) is 15.5 Å². The van der Waals surface area contributed by atoms with Crippen molar-refractivity contribution in [2.45, 2.75) is 6.54 Å². The fourth-order valence-electron chi connectivity index (χ4n) is 4.20. The van der Waals surface area contributed by atoms with Crippen LogP contribution in [0.25, 0.3) is 33.6 Å². The molecule has 4 nitrogen and oxygen atoms in total. The summed E-state index contributed by atoms with van der Waals surface area (Å²) >= 11 is 2.90. The molecule has 0 radical (unpaired) electrons. The van der Waals surface area contributed by atoms with Crippen LogP contribution in [0.15, 0.2) is 102 Å². The van der Waals surface area contributed by atoms with E-state index in [1.807, 2.05) is 53.2 Å². The number of nitrogens with zero attached hydrogens (tertiary/aromatic N) is 2. The van der Waals surface area contributed by atoms with Gasteiger partial charge in [0.15, 0.2) is 5.76 Å². The van der Waals surface area contributed by atoms with E-state index < -0.39 is 0 Å². The highest BCUT2D eigenvalue weighted by molar-refractivity contribution is 7.12. The van der Waals surface area contributed by atoms with Crippen molar-refractivity contribution in [3.8, 4) is 0 Å². The van der Waals surface area contributed by atoms with Crippen molar-refractivity contribution < 1.29 is 9.53 Å². The summed E-state index contributed by atoms with van der Waals surface area (Å²) < 4.78 is 8.09. The molecule has 0 saturated carbocycles. The third kappa shape index (κ3) is 4.30. The van der Waals surface area contributed by atoms with Crippen LogP contribution in [0.2, 0.25) is 0 Å². The van der Waals surface area contributed by atoms with E-state index in [2.05, 4.69) is 53.1 Å². The van der Waals surface area contributed by atoms with Gasteiger partial charge in [-0.3, -0.25) is 0 Å². The van der Waals surface area contributed by atoms with E-state index in [-0.39, 0.29) is 5.97 Å². The van der Waals surface area contributed by atoms with Gasteiger partial charge in [-0.05, 0) is 51.4 Å². The molecule has 6 rings (SSSR count). The lowest BCUT2D eigenvalue weighted by Crippen LogP contribution is -2.05. The van der Waals surface area contributed by atoms with Crippen LogP contribution in [0.1, 0.15) is 25.9 Å². The summed E-state index contributed by atoms with van der Waals surface area (Å²) in [7, 11) is 0. The molecule has 0 atom stereocenters. The van der Waals surface area contributed by atoms with Gasteiger partial charge in [-0.1, -0.05) is 66.7 Å². The highest BCUT2D eigenvalue weighted by Crippen LogP contribution is 2.29. The highest BCUT2D eigenvalue weighted by Gasteiger charge is 2.17. The van der Waals surface area contributed by atoms with Crippen LogP contribution in [0.5, 0.6) is 0 Å².